The summed E-state index contributed by atoms with van der Waals surface area (Å²) in [5.41, 5.74) is 1.89. The van der Waals surface area contributed by atoms with Gasteiger partial charge in [0.15, 0.2) is 11.5 Å². The molecule has 0 atom stereocenters. The fraction of sp³-hybridized carbons (Fsp3) is 0.385. The van der Waals surface area contributed by atoms with E-state index in [1.165, 1.54) is 25.9 Å². The molecular formula is C26H33N5O3. The Morgan fingerprint density at radius 3 is 2.59 bits per heavy atom. The fourth-order valence-corrected chi connectivity index (χ4v) is 4.03. The predicted octanol–water partition coefficient (Wildman–Crippen LogP) is 4.71. The molecule has 8 heteroatoms. The molecule has 0 aliphatic carbocycles. The number of rotatable bonds is 12. The van der Waals surface area contributed by atoms with Crippen LogP contribution in [0.25, 0.3) is 0 Å². The number of nitrogens with zero attached hydrogens (tertiary/aromatic N) is 3. The number of hydrogen-bond donors (Lipinski definition) is 2. The highest BCUT2D eigenvalue weighted by Gasteiger charge is 2.12. The topological polar surface area (TPSA) is 80.8 Å². The Morgan fingerprint density at radius 2 is 1.76 bits per heavy atom. The zero-order valence-corrected chi connectivity index (χ0v) is 19.9. The van der Waals surface area contributed by atoms with Crippen LogP contribution in [0.1, 0.15) is 24.8 Å². The van der Waals surface area contributed by atoms with Crippen molar-refractivity contribution < 1.29 is 14.2 Å². The molecule has 3 aromatic rings. The van der Waals surface area contributed by atoms with Gasteiger partial charge in [-0.25, -0.2) is 4.98 Å². The zero-order valence-electron chi connectivity index (χ0n) is 19.9. The summed E-state index contributed by atoms with van der Waals surface area (Å²) in [5, 5.41) is 6.59. The molecule has 0 amide bonds. The molecule has 0 spiro atoms. The standard InChI is InChI=1S/C26H33N5O3/c1-32-22-9-4-3-8-20(22)19-28-25-12-13-27-26(30-25)29-21-10-11-23(33-2)24(18-21)34-17-7-16-31-14-5-6-15-31/h3-4,8-13,18H,5-7,14-17,19H2,1-2H3,(H2,27,28,29,30). The van der Waals surface area contributed by atoms with E-state index < -0.39 is 0 Å². The van der Waals surface area contributed by atoms with E-state index in [9.17, 15) is 0 Å². The number of hydrogen-bond acceptors (Lipinski definition) is 8. The Hall–Kier alpha value is -3.52. The summed E-state index contributed by atoms with van der Waals surface area (Å²) in [5.74, 6) is 3.47. The Balaban J connectivity index is 1.35. The van der Waals surface area contributed by atoms with Crippen molar-refractivity contribution in [3.63, 3.8) is 0 Å². The first kappa shape index (κ1) is 23.6. The van der Waals surface area contributed by atoms with Crippen LogP contribution in [0.5, 0.6) is 17.2 Å². The third-order valence-corrected chi connectivity index (χ3v) is 5.80. The Morgan fingerprint density at radius 1 is 0.941 bits per heavy atom. The Kier molecular flexibility index (Phi) is 8.40. The molecule has 180 valence electrons. The molecule has 0 saturated carbocycles. The minimum absolute atomic E-state index is 0.496. The first-order valence-electron chi connectivity index (χ1n) is 11.7. The van der Waals surface area contributed by atoms with E-state index in [0.29, 0.717) is 30.6 Å². The molecule has 2 N–H and O–H groups in total. The zero-order chi connectivity index (χ0) is 23.6. The lowest BCUT2D eigenvalue weighted by Crippen LogP contribution is -2.21. The number of likely N-dealkylation sites (tertiary alicyclic amines) is 1. The van der Waals surface area contributed by atoms with Crippen molar-refractivity contribution in [3.8, 4) is 17.2 Å². The summed E-state index contributed by atoms with van der Waals surface area (Å²) in [4.78, 5) is 11.4. The molecule has 1 saturated heterocycles. The van der Waals surface area contributed by atoms with Crippen LogP contribution in [-0.4, -0.2) is 55.3 Å². The van der Waals surface area contributed by atoms with Crippen molar-refractivity contribution in [2.75, 3.05) is 51.1 Å². The molecule has 1 aliphatic rings. The molecule has 2 aromatic carbocycles. The van der Waals surface area contributed by atoms with Gasteiger partial charge < -0.3 is 29.7 Å². The first-order valence-corrected chi connectivity index (χ1v) is 11.7. The first-order chi connectivity index (χ1) is 16.7. The minimum Gasteiger partial charge on any atom is -0.496 e. The van der Waals surface area contributed by atoms with Gasteiger partial charge in [0.05, 0.1) is 20.8 Å². The smallest absolute Gasteiger partial charge is 0.229 e. The lowest BCUT2D eigenvalue weighted by atomic mass is 10.2. The highest BCUT2D eigenvalue weighted by atomic mass is 16.5. The molecule has 1 aliphatic heterocycles. The van der Waals surface area contributed by atoms with E-state index in [2.05, 4.69) is 25.5 Å². The van der Waals surface area contributed by atoms with Crippen LogP contribution in [0.3, 0.4) is 0 Å². The van der Waals surface area contributed by atoms with Gasteiger partial charge in [-0.1, -0.05) is 18.2 Å². The predicted molar refractivity (Wildman–Crippen MR) is 134 cm³/mol. The van der Waals surface area contributed by atoms with Crippen LogP contribution in [0.2, 0.25) is 0 Å². The van der Waals surface area contributed by atoms with Crippen molar-refractivity contribution >= 4 is 17.5 Å². The molecule has 4 rings (SSSR count). The lowest BCUT2D eigenvalue weighted by molar-refractivity contribution is 0.254. The molecule has 1 fully saturated rings. The fourth-order valence-electron chi connectivity index (χ4n) is 4.03. The third kappa shape index (κ3) is 6.51. The quantitative estimate of drug-likeness (QED) is 0.374. The maximum absolute atomic E-state index is 6.04. The maximum Gasteiger partial charge on any atom is 0.229 e. The summed E-state index contributed by atoms with van der Waals surface area (Å²) < 4.78 is 16.9. The lowest BCUT2D eigenvalue weighted by Gasteiger charge is -2.16. The molecule has 8 nitrogen and oxygen atoms in total. The summed E-state index contributed by atoms with van der Waals surface area (Å²) in [6.07, 6.45) is 5.33. The molecule has 0 radical (unpaired) electrons. The minimum atomic E-state index is 0.496. The number of para-hydroxylation sites is 1. The summed E-state index contributed by atoms with van der Waals surface area (Å²) in [6, 6.07) is 15.5. The van der Waals surface area contributed by atoms with Crippen LogP contribution in [-0.2, 0) is 6.54 Å². The van der Waals surface area contributed by atoms with Gasteiger partial charge in [0, 0.05) is 36.6 Å². The van der Waals surface area contributed by atoms with Crippen LogP contribution >= 0.6 is 0 Å². The van der Waals surface area contributed by atoms with Crippen LogP contribution in [0.4, 0.5) is 17.5 Å². The second-order valence-corrected chi connectivity index (χ2v) is 8.17. The average Bonchev–Trinajstić information content (AvgIpc) is 3.39. The normalized spacial score (nSPS) is 13.5. The van der Waals surface area contributed by atoms with Gasteiger partial charge in [-0.15, -0.1) is 0 Å². The van der Waals surface area contributed by atoms with E-state index in [1.54, 1.807) is 20.4 Å². The van der Waals surface area contributed by atoms with Gasteiger partial charge in [-0.3, -0.25) is 0 Å². The molecule has 2 heterocycles. The van der Waals surface area contributed by atoms with Crippen molar-refractivity contribution in [1.82, 2.24) is 14.9 Å². The number of aromatic nitrogens is 2. The largest absolute Gasteiger partial charge is 0.496 e. The molecule has 1 aromatic heterocycles. The Labute approximate surface area is 201 Å². The van der Waals surface area contributed by atoms with Gasteiger partial charge in [-0.2, -0.15) is 4.98 Å². The summed E-state index contributed by atoms with van der Waals surface area (Å²) in [7, 11) is 3.32. The number of nitrogens with one attached hydrogen (secondary N) is 2. The average molecular weight is 464 g/mol. The van der Waals surface area contributed by atoms with Gasteiger partial charge in [0.1, 0.15) is 11.6 Å². The highest BCUT2D eigenvalue weighted by molar-refractivity contribution is 5.60. The molecule has 0 bridgehead atoms. The second-order valence-electron chi connectivity index (χ2n) is 8.17. The number of anilines is 3. The van der Waals surface area contributed by atoms with Crippen LogP contribution in [0.15, 0.2) is 54.7 Å². The van der Waals surface area contributed by atoms with E-state index in [-0.39, 0.29) is 0 Å². The van der Waals surface area contributed by atoms with E-state index in [4.69, 9.17) is 14.2 Å². The number of ether oxygens (including phenoxy) is 3. The van der Waals surface area contributed by atoms with Crippen molar-refractivity contribution in [3.05, 3.63) is 60.3 Å². The van der Waals surface area contributed by atoms with Crippen molar-refractivity contribution in [1.29, 1.82) is 0 Å². The van der Waals surface area contributed by atoms with E-state index in [0.717, 1.165) is 35.8 Å². The second kappa shape index (κ2) is 12.1. The van der Waals surface area contributed by atoms with Gasteiger partial charge in [0.2, 0.25) is 5.95 Å². The van der Waals surface area contributed by atoms with E-state index in [1.807, 2.05) is 48.5 Å². The molecular weight excluding hydrogens is 430 g/mol. The summed E-state index contributed by atoms with van der Waals surface area (Å²) >= 11 is 0. The number of methoxy groups -OCH3 is 2. The third-order valence-electron chi connectivity index (χ3n) is 5.80. The van der Waals surface area contributed by atoms with Crippen molar-refractivity contribution in [2.24, 2.45) is 0 Å². The van der Waals surface area contributed by atoms with Gasteiger partial charge >= 0.3 is 0 Å². The Bertz CT molecular complexity index is 1060. The number of benzene rings is 2. The monoisotopic (exact) mass is 463 g/mol. The van der Waals surface area contributed by atoms with Crippen LogP contribution < -0.4 is 24.8 Å². The SMILES string of the molecule is COc1ccccc1CNc1ccnc(Nc2ccc(OC)c(OCCCN3CCCC3)c2)n1. The molecule has 0 unspecified atom stereocenters. The molecule has 34 heavy (non-hydrogen) atoms. The van der Waals surface area contributed by atoms with Crippen LogP contribution in [0, 0.1) is 0 Å². The maximum atomic E-state index is 6.04. The summed E-state index contributed by atoms with van der Waals surface area (Å²) in [6.45, 7) is 4.72. The highest BCUT2D eigenvalue weighted by Crippen LogP contribution is 2.31. The van der Waals surface area contributed by atoms with Gasteiger partial charge in [-0.05, 0) is 56.6 Å². The van der Waals surface area contributed by atoms with Crippen molar-refractivity contribution in [2.45, 2.75) is 25.8 Å². The van der Waals surface area contributed by atoms with Gasteiger partial charge in [0.25, 0.3) is 0 Å². The van der Waals surface area contributed by atoms with E-state index >= 15 is 0 Å².